The maximum Gasteiger partial charge on any atom is 1.00 e. The normalized spacial score (nSPS) is 26.8. The van der Waals surface area contributed by atoms with E-state index in [1.54, 1.807) is 0 Å². The summed E-state index contributed by atoms with van der Waals surface area (Å²) in [6.07, 6.45) is -7.43. The van der Waals surface area contributed by atoms with Gasteiger partial charge < -0.3 is 39.4 Å². The van der Waals surface area contributed by atoms with Crippen molar-refractivity contribution >= 4 is 23.5 Å². The van der Waals surface area contributed by atoms with Crippen LogP contribution >= 0.6 is 23.5 Å². The Bertz CT molecular complexity index is 539. The number of rotatable bonds is 7. The van der Waals surface area contributed by atoms with Gasteiger partial charge in [0.2, 0.25) is 0 Å². The van der Waals surface area contributed by atoms with Gasteiger partial charge in [0.25, 0.3) is 0 Å². The van der Waals surface area contributed by atoms with Gasteiger partial charge in [0.1, 0.15) is 18.3 Å². The number of aliphatic hydroxyl groups excluding tert-OH is 2. The zero-order valence-electron chi connectivity index (χ0n) is 15.3. The van der Waals surface area contributed by atoms with Gasteiger partial charge in [-0.1, -0.05) is 0 Å². The zero-order valence-corrected chi connectivity index (χ0v) is 28.0. The van der Waals surface area contributed by atoms with Crippen molar-refractivity contribution in [3.8, 4) is 0 Å². The predicted molar refractivity (Wildman–Crippen MR) is 62.7 cm³/mol. The second-order valence-electron chi connectivity index (χ2n) is 3.96. The molecule has 0 aromatic heterocycles. The van der Waals surface area contributed by atoms with Crippen LogP contribution in [0.5, 0.6) is 0 Å². The van der Waals surface area contributed by atoms with Gasteiger partial charge in [0.15, 0.2) is 6.29 Å². The van der Waals surface area contributed by atoms with Crippen molar-refractivity contribution in [3.63, 3.8) is 0 Å². The van der Waals surface area contributed by atoms with E-state index in [2.05, 4.69) is 18.1 Å². The third kappa shape index (κ3) is 18.3. The molecule has 0 spiro atoms. The fourth-order valence-corrected chi connectivity index (χ4v) is 3.40. The average Bonchev–Trinajstić information content (AvgIpc) is 2.49. The van der Waals surface area contributed by atoms with E-state index in [-0.39, 0.29) is 148 Å². The molecule has 1 aliphatic rings. The number of phosphoric ester groups is 2. The number of hydrogen-bond donors (Lipinski definition) is 7. The molecule has 14 nitrogen and oxygen atoms in total. The van der Waals surface area contributed by atoms with Crippen LogP contribution < -0.4 is 148 Å². The zero-order chi connectivity index (χ0) is 17.3. The standard InChI is InChI=1S/C5H13O14P3.5Na/c6-3-2(1-16-20(8,9)10)17-5(4(3)7)18-22(14,15)19-21(11,12)13;;;;;/h2-7H,1H2,(H,14,15)(H2,8,9,10)(H2,11,12,13);;;;;/q;5*+1/t2-,3-,4-,5?;;;;;/m1...../s1. The maximum absolute atomic E-state index is 11.3. The minimum atomic E-state index is -5.39. The number of hydrogen-bond acceptors (Lipinski definition) is 9. The molecule has 0 amide bonds. The molecule has 0 saturated carbocycles. The Labute approximate surface area is 264 Å². The van der Waals surface area contributed by atoms with Gasteiger partial charge in [0, 0.05) is 0 Å². The molecule has 1 saturated heterocycles. The Morgan fingerprint density at radius 2 is 1.22 bits per heavy atom. The monoisotopic (exact) mass is 505 g/mol. The van der Waals surface area contributed by atoms with Crippen molar-refractivity contribution in [1.29, 1.82) is 0 Å². The van der Waals surface area contributed by atoms with E-state index in [1.165, 1.54) is 0 Å². The Morgan fingerprint density at radius 1 is 0.778 bits per heavy atom. The molecular formula is C5H13Na5O14P3+5. The summed E-state index contributed by atoms with van der Waals surface area (Å²) in [4.78, 5) is 42.8. The van der Waals surface area contributed by atoms with Gasteiger partial charge in [-0.05, 0) is 0 Å². The first-order chi connectivity index (χ1) is 9.70. The summed E-state index contributed by atoms with van der Waals surface area (Å²) in [5.41, 5.74) is 0. The molecule has 0 aromatic rings. The van der Waals surface area contributed by atoms with E-state index in [9.17, 15) is 23.9 Å². The molecule has 0 bridgehead atoms. The molecular weight excluding hydrogens is 492 g/mol. The van der Waals surface area contributed by atoms with Gasteiger partial charge >= 0.3 is 171 Å². The first kappa shape index (κ1) is 42.4. The maximum atomic E-state index is 11.3. The molecule has 1 aliphatic heterocycles. The first-order valence-corrected chi connectivity index (χ1v) is 9.75. The largest absolute Gasteiger partial charge is 1.00 e. The predicted octanol–water partition coefficient (Wildman–Crippen LogP) is -17.2. The summed E-state index contributed by atoms with van der Waals surface area (Å²) in [6, 6.07) is 0. The van der Waals surface area contributed by atoms with E-state index in [0.29, 0.717) is 0 Å². The number of phosphoric acid groups is 3. The fourth-order valence-electron chi connectivity index (χ4n) is 1.39. The van der Waals surface area contributed by atoms with E-state index in [0.717, 1.165) is 0 Å². The molecule has 5 atom stereocenters. The van der Waals surface area contributed by atoms with Crippen molar-refractivity contribution in [2.24, 2.45) is 0 Å². The van der Waals surface area contributed by atoms with Crippen molar-refractivity contribution < 1.29 is 214 Å². The molecule has 2 unspecified atom stereocenters. The Balaban J connectivity index is -0.000000323. The summed E-state index contributed by atoms with van der Waals surface area (Å²) < 4.78 is 48.5. The van der Waals surface area contributed by atoms with Crippen LogP contribution in [-0.2, 0) is 31.8 Å². The third-order valence-electron chi connectivity index (χ3n) is 2.17. The SMILES string of the molecule is O=P(O)(O)OC[C@H]1OC(OP(=O)(O)OP(=O)(O)O)[C@H](O)[C@@H]1O.[Na+].[Na+].[Na+].[Na+].[Na+]. The molecule has 0 aliphatic carbocycles. The van der Waals surface area contributed by atoms with Crippen molar-refractivity contribution in [3.05, 3.63) is 0 Å². The molecule has 1 fully saturated rings. The topological polar surface area (TPSA) is 230 Å². The smallest absolute Gasteiger partial charge is 0.387 e. The first-order valence-electron chi connectivity index (χ1n) is 5.20. The molecule has 27 heavy (non-hydrogen) atoms. The number of ether oxygens (including phenoxy) is 1. The Hall–Kier alpha value is 5.25. The van der Waals surface area contributed by atoms with E-state index in [1.807, 2.05) is 0 Å². The summed E-state index contributed by atoms with van der Waals surface area (Å²) in [6.45, 7) is -0.905. The van der Waals surface area contributed by atoms with Crippen LogP contribution in [0.1, 0.15) is 0 Å². The Kier molecular flexibility index (Phi) is 27.7. The van der Waals surface area contributed by atoms with E-state index in [4.69, 9.17) is 24.5 Å². The summed E-state index contributed by atoms with van der Waals surface area (Å²) in [5, 5.41) is 19.0. The van der Waals surface area contributed by atoms with Crippen LogP contribution in [0.2, 0.25) is 0 Å². The van der Waals surface area contributed by atoms with E-state index < -0.39 is 54.7 Å². The summed E-state index contributed by atoms with van der Waals surface area (Å²) in [7, 11) is -15.7. The molecule has 7 N–H and O–H groups in total. The second kappa shape index (κ2) is 17.7. The third-order valence-corrected chi connectivity index (χ3v) is 4.81. The van der Waals surface area contributed by atoms with Crippen LogP contribution in [-0.4, -0.2) is 65.9 Å². The minimum Gasteiger partial charge on any atom is -0.387 e. The van der Waals surface area contributed by atoms with Gasteiger partial charge in [-0.3, -0.25) is 9.05 Å². The van der Waals surface area contributed by atoms with Gasteiger partial charge in [0.05, 0.1) is 6.61 Å². The quantitative estimate of drug-likeness (QED) is 0.126. The summed E-state index contributed by atoms with van der Waals surface area (Å²) >= 11 is 0. The van der Waals surface area contributed by atoms with Crippen molar-refractivity contribution in [2.75, 3.05) is 6.61 Å². The molecule has 1 rings (SSSR count). The van der Waals surface area contributed by atoms with Crippen LogP contribution in [0, 0.1) is 0 Å². The molecule has 0 radical (unpaired) electrons. The van der Waals surface area contributed by atoms with Crippen molar-refractivity contribution in [2.45, 2.75) is 24.6 Å². The van der Waals surface area contributed by atoms with Gasteiger partial charge in [-0.25, -0.2) is 13.7 Å². The van der Waals surface area contributed by atoms with Crippen LogP contribution in [0.4, 0.5) is 0 Å². The van der Waals surface area contributed by atoms with Gasteiger partial charge in [-0.2, -0.15) is 4.31 Å². The average molecular weight is 505 g/mol. The Morgan fingerprint density at radius 3 is 1.59 bits per heavy atom. The van der Waals surface area contributed by atoms with Crippen LogP contribution in [0.15, 0.2) is 0 Å². The van der Waals surface area contributed by atoms with Crippen molar-refractivity contribution in [1.82, 2.24) is 0 Å². The number of aliphatic hydroxyl groups is 2. The molecule has 22 heteroatoms. The summed E-state index contributed by atoms with van der Waals surface area (Å²) in [5.74, 6) is 0. The second-order valence-corrected chi connectivity index (χ2v) is 7.98. The van der Waals surface area contributed by atoms with Crippen LogP contribution in [0.3, 0.4) is 0 Å². The van der Waals surface area contributed by atoms with Crippen LogP contribution in [0.25, 0.3) is 0 Å². The minimum absolute atomic E-state index is 0. The fraction of sp³-hybridized carbons (Fsp3) is 1.00. The van der Waals surface area contributed by atoms with E-state index >= 15 is 0 Å². The van der Waals surface area contributed by atoms with Gasteiger partial charge in [-0.15, -0.1) is 0 Å². The molecule has 0 aromatic carbocycles. The molecule has 1 heterocycles. The molecule has 132 valence electrons.